The number of carbonyl (C=O) groups is 1. The SMILES string of the molecule is C[C@](Cc1ccccc1)(Nc1nccc(N2CCCc3cnc(-c4ccccc4)cc32)n1)C(=O)O. The second-order valence-electron chi connectivity index (χ2n) is 8.98. The molecule has 4 aromatic rings. The summed E-state index contributed by atoms with van der Waals surface area (Å²) in [5, 5.41) is 13.1. The fraction of sp³-hybridized carbons (Fsp3) is 0.214. The number of aliphatic carboxylic acids is 1. The molecule has 2 N–H and O–H groups in total. The maximum Gasteiger partial charge on any atom is 0.329 e. The summed E-state index contributed by atoms with van der Waals surface area (Å²) in [4.78, 5) is 28.1. The third-order valence-corrected chi connectivity index (χ3v) is 6.33. The molecule has 0 spiro atoms. The van der Waals surface area contributed by atoms with Crippen molar-refractivity contribution in [1.82, 2.24) is 15.0 Å². The van der Waals surface area contributed by atoms with E-state index in [-0.39, 0.29) is 5.95 Å². The highest BCUT2D eigenvalue weighted by molar-refractivity contribution is 5.82. The van der Waals surface area contributed by atoms with Crippen LogP contribution in [-0.4, -0.2) is 38.1 Å². The first kappa shape index (κ1) is 22.5. The maximum atomic E-state index is 12.2. The molecule has 0 aliphatic carbocycles. The molecule has 0 saturated heterocycles. The van der Waals surface area contributed by atoms with E-state index in [0.717, 1.165) is 47.7 Å². The Morgan fingerprint density at radius 1 is 1.06 bits per heavy atom. The van der Waals surface area contributed by atoms with Crippen molar-refractivity contribution >= 4 is 23.4 Å². The summed E-state index contributed by atoms with van der Waals surface area (Å²) < 4.78 is 0. The van der Waals surface area contributed by atoms with Crippen LogP contribution in [0.4, 0.5) is 17.5 Å². The molecule has 0 radical (unpaired) electrons. The molecule has 1 atom stereocenters. The van der Waals surface area contributed by atoms with Crippen molar-refractivity contribution in [1.29, 1.82) is 0 Å². The van der Waals surface area contributed by atoms with Crippen molar-refractivity contribution in [2.24, 2.45) is 0 Å². The van der Waals surface area contributed by atoms with Gasteiger partial charge in [0.15, 0.2) is 0 Å². The Labute approximate surface area is 204 Å². The average Bonchev–Trinajstić information content (AvgIpc) is 2.89. The second kappa shape index (κ2) is 9.54. The number of rotatable bonds is 7. The summed E-state index contributed by atoms with van der Waals surface area (Å²) in [5.74, 6) is 0.0474. The van der Waals surface area contributed by atoms with Crippen molar-refractivity contribution in [3.8, 4) is 11.3 Å². The Balaban J connectivity index is 1.45. The van der Waals surface area contributed by atoms with E-state index in [0.29, 0.717) is 6.42 Å². The molecule has 0 unspecified atom stereocenters. The van der Waals surface area contributed by atoms with Crippen LogP contribution in [0, 0.1) is 0 Å². The Bertz CT molecular complexity index is 1330. The van der Waals surface area contributed by atoms with E-state index in [2.05, 4.69) is 26.3 Å². The van der Waals surface area contributed by atoms with E-state index < -0.39 is 11.5 Å². The van der Waals surface area contributed by atoms with E-state index >= 15 is 0 Å². The number of hydrogen-bond donors (Lipinski definition) is 2. The number of aryl methyl sites for hydroxylation is 1. The molecule has 7 nitrogen and oxygen atoms in total. The van der Waals surface area contributed by atoms with Crippen LogP contribution >= 0.6 is 0 Å². The first-order valence-corrected chi connectivity index (χ1v) is 11.7. The van der Waals surface area contributed by atoms with Gasteiger partial charge in [0.1, 0.15) is 11.4 Å². The van der Waals surface area contributed by atoms with E-state index in [1.165, 1.54) is 5.56 Å². The number of fused-ring (bicyclic) bond motifs is 1. The molecule has 0 amide bonds. The van der Waals surface area contributed by atoms with Gasteiger partial charge in [-0.2, -0.15) is 4.98 Å². The zero-order valence-corrected chi connectivity index (χ0v) is 19.6. The van der Waals surface area contributed by atoms with Gasteiger partial charge in [0.05, 0.1) is 5.69 Å². The van der Waals surface area contributed by atoms with E-state index in [4.69, 9.17) is 4.98 Å². The third kappa shape index (κ3) is 4.84. The highest BCUT2D eigenvalue weighted by atomic mass is 16.4. The van der Waals surface area contributed by atoms with Crippen molar-refractivity contribution in [2.75, 3.05) is 16.8 Å². The van der Waals surface area contributed by atoms with Crippen LogP contribution < -0.4 is 10.2 Å². The average molecular weight is 466 g/mol. The smallest absolute Gasteiger partial charge is 0.329 e. The van der Waals surface area contributed by atoms with Crippen molar-refractivity contribution in [2.45, 2.75) is 31.7 Å². The minimum Gasteiger partial charge on any atom is -0.480 e. The molecule has 3 heterocycles. The number of carboxylic acids is 1. The first-order chi connectivity index (χ1) is 17.0. The summed E-state index contributed by atoms with van der Waals surface area (Å²) in [5.41, 5.74) is 3.87. The third-order valence-electron chi connectivity index (χ3n) is 6.33. The minimum absolute atomic E-state index is 0.285. The van der Waals surface area contributed by atoms with Gasteiger partial charge >= 0.3 is 5.97 Å². The normalized spacial score (nSPS) is 14.6. The van der Waals surface area contributed by atoms with Crippen LogP contribution in [0.1, 0.15) is 24.5 Å². The first-order valence-electron chi connectivity index (χ1n) is 11.7. The number of hydrogen-bond acceptors (Lipinski definition) is 6. The Morgan fingerprint density at radius 3 is 2.54 bits per heavy atom. The van der Waals surface area contributed by atoms with Gasteiger partial charge in [-0.1, -0.05) is 60.7 Å². The quantitative estimate of drug-likeness (QED) is 0.391. The van der Waals surface area contributed by atoms with Gasteiger partial charge in [-0.05, 0) is 43.0 Å². The predicted octanol–water partition coefficient (Wildman–Crippen LogP) is 5.12. The molecule has 176 valence electrons. The monoisotopic (exact) mass is 465 g/mol. The van der Waals surface area contributed by atoms with Gasteiger partial charge in [0, 0.05) is 36.6 Å². The number of nitrogens with one attached hydrogen (secondary N) is 1. The van der Waals surface area contributed by atoms with Crippen LogP contribution in [0.25, 0.3) is 11.3 Å². The summed E-state index contributed by atoms with van der Waals surface area (Å²) in [6.45, 7) is 2.47. The number of benzene rings is 2. The number of pyridine rings is 1. The van der Waals surface area contributed by atoms with Gasteiger partial charge in [0.2, 0.25) is 5.95 Å². The molecular formula is C28H27N5O2. The molecule has 0 bridgehead atoms. The van der Waals surface area contributed by atoms with E-state index in [9.17, 15) is 9.90 Å². The Morgan fingerprint density at radius 2 is 1.80 bits per heavy atom. The lowest BCUT2D eigenvalue weighted by molar-refractivity contribution is -0.141. The molecule has 1 aliphatic rings. The highest BCUT2D eigenvalue weighted by Crippen LogP contribution is 2.35. The highest BCUT2D eigenvalue weighted by Gasteiger charge is 2.34. The predicted molar refractivity (Wildman–Crippen MR) is 137 cm³/mol. The summed E-state index contributed by atoms with van der Waals surface area (Å²) >= 11 is 0. The van der Waals surface area contributed by atoms with Gasteiger partial charge in [-0.3, -0.25) is 4.98 Å². The maximum absolute atomic E-state index is 12.2. The Hall–Kier alpha value is -4.26. The van der Waals surface area contributed by atoms with E-state index in [1.807, 2.05) is 72.9 Å². The zero-order chi connectivity index (χ0) is 24.3. The van der Waals surface area contributed by atoms with Crippen molar-refractivity contribution in [3.63, 3.8) is 0 Å². The lowest BCUT2D eigenvalue weighted by Crippen LogP contribution is -2.46. The number of nitrogens with zero attached hydrogens (tertiary/aromatic N) is 4. The topological polar surface area (TPSA) is 91.2 Å². The van der Waals surface area contributed by atoms with Gasteiger partial charge in [-0.25, -0.2) is 9.78 Å². The number of anilines is 3. The van der Waals surface area contributed by atoms with Crippen LogP contribution in [-0.2, 0) is 17.6 Å². The zero-order valence-electron chi connectivity index (χ0n) is 19.6. The minimum atomic E-state index is -1.26. The van der Waals surface area contributed by atoms with Gasteiger partial charge < -0.3 is 15.3 Å². The fourth-order valence-electron chi connectivity index (χ4n) is 4.45. The molecule has 7 heteroatoms. The number of carboxylic acid groups (broad SMARTS) is 1. The van der Waals surface area contributed by atoms with Crippen LogP contribution in [0.2, 0.25) is 0 Å². The largest absolute Gasteiger partial charge is 0.480 e. The standard InChI is InChI=1S/C28H27N5O2/c1-28(26(34)35,18-20-9-4-2-5-10-20)32-27-29-15-14-25(31-27)33-16-8-13-22-19-30-23(17-24(22)33)21-11-6-3-7-12-21/h2-7,9-12,14-15,17,19H,8,13,16,18H2,1H3,(H,34,35)(H,29,31,32)/t28-/m1/s1. The van der Waals surface area contributed by atoms with Crippen LogP contribution in [0.5, 0.6) is 0 Å². The summed E-state index contributed by atoms with van der Waals surface area (Å²) in [6, 6.07) is 23.6. The molecule has 2 aromatic heterocycles. The molecule has 35 heavy (non-hydrogen) atoms. The lowest BCUT2D eigenvalue weighted by Gasteiger charge is -2.31. The Kier molecular flexibility index (Phi) is 6.14. The summed E-state index contributed by atoms with van der Waals surface area (Å²) in [6.07, 6.45) is 5.86. The molecule has 0 saturated carbocycles. The van der Waals surface area contributed by atoms with E-state index in [1.54, 1.807) is 13.1 Å². The van der Waals surface area contributed by atoms with Crippen LogP contribution in [0.15, 0.2) is 85.2 Å². The van der Waals surface area contributed by atoms with Gasteiger partial charge in [0.25, 0.3) is 0 Å². The molecule has 0 fully saturated rings. The number of aromatic nitrogens is 3. The summed E-state index contributed by atoms with van der Waals surface area (Å²) in [7, 11) is 0. The molecule has 2 aromatic carbocycles. The van der Waals surface area contributed by atoms with Gasteiger partial charge in [-0.15, -0.1) is 0 Å². The molecule has 1 aliphatic heterocycles. The second-order valence-corrected chi connectivity index (χ2v) is 8.98. The molecule has 5 rings (SSSR count). The molecular weight excluding hydrogens is 438 g/mol. The van der Waals surface area contributed by atoms with Crippen molar-refractivity contribution in [3.05, 3.63) is 96.3 Å². The van der Waals surface area contributed by atoms with Crippen LogP contribution in [0.3, 0.4) is 0 Å². The fourth-order valence-corrected chi connectivity index (χ4v) is 4.45. The van der Waals surface area contributed by atoms with Crippen molar-refractivity contribution < 1.29 is 9.90 Å². The lowest BCUT2D eigenvalue weighted by atomic mass is 9.93.